The van der Waals surface area contributed by atoms with E-state index in [1.807, 2.05) is 6.92 Å². The number of anilines is 1. The van der Waals surface area contributed by atoms with E-state index in [1.54, 1.807) is 18.2 Å². The standard InChI is InChI=1S/C12H13F2NO2/c1-7-6-8(7)11(16)15-9-4-2-3-5-10(9)17-12(13)14/h2-5,7-8,12H,6H2,1H3,(H,15,16)/t7-,8+/m1/s1. The topological polar surface area (TPSA) is 38.3 Å². The fraction of sp³-hybridized carbons (Fsp3) is 0.417. The van der Waals surface area contributed by atoms with Crippen LogP contribution < -0.4 is 10.1 Å². The van der Waals surface area contributed by atoms with Crippen LogP contribution in [0, 0.1) is 11.8 Å². The van der Waals surface area contributed by atoms with Crippen LogP contribution in [0.2, 0.25) is 0 Å². The minimum absolute atomic E-state index is 0.00499. The highest BCUT2D eigenvalue weighted by atomic mass is 19.3. The maximum Gasteiger partial charge on any atom is 0.387 e. The lowest BCUT2D eigenvalue weighted by atomic mass is 10.2. The lowest BCUT2D eigenvalue weighted by molar-refractivity contribution is -0.117. The predicted octanol–water partition coefficient (Wildman–Crippen LogP) is 2.88. The molecule has 0 aromatic heterocycles. The Bertz CT molecular complexity index is 423. The zero-order valence-corrected chi connectivity index (χ0v) is 9.32. The largest absolute Gasteiger partial charge is 0.433 e. The second kappa shape index (κ2) is 4.69. The molecule has 1 aliphatic carbocycles. The van der Waals surface area contributed by atoms with Gasteiger partial charge >= 0.3 is 6.61 Å². The lowest BCUT2D eigenvalue weighted by Gasteiger charge is -2.11. The van der Waals surface area contributed by atoms with Crippen LogP contribution in [-0.2, 0) is 4.79 Å². The molecule has 5 heteroatoms. The number of hydrogen-bond acceptors (Lipinski definition) is 2. The van der Waals surface area contributed by atoms with Gasteiger partial charge in [0.1, 0.15) is 5.75 Å². The first-order valence-electron chi connectivity index (χ1n) is 5.42. The van der Waals surface area contributed by atoms with E-state index >= 15 is 0 Å². The number of benzene rings is 1. The van der Waals surface area contributed by atoms with Gasteiger partial charge in [-0.05, 0) is 24.5 Å². The number of amides is 1. The number of alkyl halides is 2. The summed E-state index contributed by atoms with van der Waals surface area (Å²) < 4.78 is 28.6. The van der Waals surface area contributed by atoms with E-state index < -0.39 is 6.61 Å². The second-order valence-corrected chi connectivity index (χ2v) is 4.18. The molecule has 0 radical (unpaired) electrons. The van der Waals surface area contributed by atoms with Gasteiger partial charge in [-0.2, -0.15) is 8.78 Å². The molecule has 92 valence electrons. The fourth-order valence-corrected chi connectivity index (χ4v) is 1.68. The molecule has 1 saturated carbocycles. The van der Waals surface area contributed by atoms with Gasteiger partial charge in [0, 0.05) is 5.92 Å². The number of nitrogens with one attached hydrogen (secondary N) is 1. The third kappa shape index (κ3) is 2.93. The molecular weight excluding hydrogens is 228 g/mol. The molecule has 1 aromatic rings. The third-order valence-corrected chi connectivity index (χ3v) is 2.81. The highest BCUT2D eigenvalue weighted by molar-refractivity contribution is 5.95. The van der Waals surface area contributed by atoms with Crippen molar-refractivity contribution in [1.82, 2.24) is 0 Å². The summed E-state index contributed by atoms with van der Waals surface area (Å²) in [5.41, 5.74) is 0.289. The third-order valence-electron chi connectivity index (χ3n) is 2.81. The first kappa shape index (κ1) is 11.8. The van der Waals surface area contributed by atoms with E-state index in [9.17, 15) is 13.6 Å². The number of carbonyl (C=O) groups excluding carboxylic acids is 1. The van der Waals surface area contributed by atoms with Gasteiger partial charge in [0.25, 0.3) is 0 Å². The summed E-state index contributed by atoms with van der Waals surface area (Å²) in [6, 6.07) is 6.18. The molecule has 1 amide bonds. The normalized spacial score (nSPS) is 22.4. The predicted molar refractivity (Wildman–Crippen MR) is 59.0 cm³/mol. The van der Waals surface area contributed by atoms with Gasteiger partial charge < -0.3 is 10.1 Å². The van der Waals surface area contributed by atoms with Crippen LogP contribution in [0.3, 0.4) is 0 Å². The summed E-state index contributed by atoms with van der Waals surface area (Å²) in [5.74, 6) is 0.222. The zero-order valence-electron chi connectivity index (χ0n) is 9.32. The van der Waals surface area contributed by atoms with Crippen LogP contribution in [0.15, 0.2) is 24.3 Å². The molecule has 0 saturated heterocycles. The van der Waals surface area contributed by atoms with Crippen molar-refractivity contribution >= 4 is 11.6 Å². The molecule has 1 aliphatic rings. The molecular formula is C12H13F2NO2. The lowest BCUT2D eigenvalue weighted by Crippen LogP contribution is -2.15. The SMILES string of the molecule is C[C@@H]1C[C@@H]1C(=O)Nc1ccccc1OC(F)F. The smallest absolute Gasteiger partial charge is 0.387 e. The van der Waals surface area contributed by atoms with Crippen LogP contribution in [0.25, 0.3) is 0 Å². The molecule has 0 unspecified atom stereocenters. The molecule has 3 nitrogen and oxygen atoms in total. The Balaban J connectivity index is 2.06. The van der Waals surface area contributed by atoms with Crippen molar-refractivity contribution in [3.63, 3.8) is 0 Å². The van der Waals surface area contributed by atoms with Crippen molar-refractivity contribution in [3.8, 4) is 5.75 Å². The summed E-state index contributed by atoms with van der Waals surface area (Å²) in [6.07, 6.45) is 0.851. The van der Waals surface area contributed by atoms with Crippen LogP contribution in [0.5, 0.6) is 5.75 Å². The highest BCUT2D eigenvalue weighted by Crippen LogP contribution is 2.39. The molecule has 0 heterocycles. The Morgan fingerprint density at radius 1 is 1.47 bits per heavy atom. The molecule has 0 spiro atoms. The van der Waals surface area contributed by atoms with Gasteiger partial charge in [-0.1, -0.05) is 19.1 Å². The van der Waals surface area contributed by atoms with Crippen molar-refractivity contribution < 1.29 is 18.3 Å². The van der Waals surface area contributed by atoms with Gasteiger partial charge in [0.05, 0.1) is 5.69 Å². The Labute approximate surface area is 97.8 Å². The first-order valence-corrected chi connectivity index (χ1v) is 5.42. The fourth-order valence-electron chi connectivity index (χ4n) is 1.68. The molecule has 0 aliphatic heterocycles. The molecule has 0 bridgehead atoms. The Morgan fingerprint density at radius 3 is 2.71 bits per heavy atom. The van der Waals surface area contributed by atoms with Gasteiger partial charge in [-0.15, -0.1) is 0 Å². The number of halogens is 2. The van der Waals surface area contributed by atoms with E-state index in [4.69, 9.17) is 0 Å². The molecule has 1 fully saturated rings. The highest BCUT2D eigenvalue weighted by Gasteiger charge is 2.39. The maximum atomic E-state index is 12.1. The summed E-state index contributed by atoms with van der Waals surface area (Å²) >= 11 is 0. The molecule has 2 atom stereocenters. The average molecular weight is 241 g/mol. The molecule has 1 aromatic carbocycles. The number of ether oxygens (including phenoxy) is 1. The average Bonchev–Trinajstić information content (AvgIpc) is 2.98. The summed E-state index contributed by atoms with van der Waals surface area (Å²) in [6.45, 7) is -0.917. The van der Waals surface area contributed by atoms with Crippen molar-refractivity contribution in [2.75, 3.05) is 5.32 Å². The summed E-state index contributed by atoms with van der Waals surface area (Å²) in [4.78, 5) is 11.7. The van der Waals surface area contributed by atoms with Crippen molar-refractivity contribution in [2.45, 2.75) is 20.0 Å². The quantitative estimate of drug-likeness (QED) is 0.880. The second-order valence-electron chi connectivity index (χ2n) is 4.18. The molecule has 1 N–H and O–H groups in total. The van der Waals surface area contributed by atoms with E-state index in [0.717, 1.165) is 6.42 Å². The van der Waals surface area contributed by atoms with Gasteiger partial charge in [-0.3, -0.25) is 4.79 Å². The number of rotatable bonds is 4. The summed E-state index contributed by atoms with van der Waals surface area (Å²) in [5, 5.41) is 2.61. The minimum atomic E-state index is -2.90. The van der Waals surface area contributed by atoms with Crippen molar-refractivity contribution in [3.05, 3.63) is 24.3 Å². The molecule has 2 rings (SSSR count). The van der Waals surface area contributed by atoms with Crippen molar-refractivity contribution in [2.24, 2.45) is 11.8 Å². The van der Waals surface area contributed by atoms with Crippen LogP contribution in [0.1, 0.15) is 13.3 Å². The number of hydrogen-bond donors (Lipinski definition) is 1. The maximum absolute atomic E-state index is 12.1. The van der Waals surface area contributed by atoms with E-state index in [0.29, 0.717) is 5.92 Å². The number of para-hydroxylation sites is 2. The van der Waals surface area contributed by atoms with Crippen LogP contribution in [0.4, 0.5) is 14.5 Å². The summed E-state index contributed by atoms with van der Waals surface area (Å²) in [7, 11) is 0. The van der Waals surface area contributed by atoms with Crippen LogP contribution in [-0.4, -0.2) is 12.5 Å². The monoisotopic (exact) mass is 241 g/mol. The first-order chi connectivity index (χ1) is 8.08. The van der Waals surface area contributed by atoms with E-state index in [-0.39, 0.29) is 23.3 Å². The van der Waals surface area contributed by atoms with Gasteiger partial charge in [0.15, 0.2) is 0 Å². The molecule has 17 heavy (non-hydrogen) atoms. The van der Waals surface area contributed by atoms with Crippen molar-refractivity contribution in [1.29, 1.82) is 0 Å². The minimum Gasteiger partial charge on any atom is -0.433 e. The Kier molecular flexibility index (Phi) is 3.26. The Hall–Kier alpha value is -1.65. The van der Waals surface area contributed by atoms with Crippen LogP contribution >= 0.6 is 0 Å². The van der Waals surface area contributed by atoms with E-state index in [1.165, 1.54) is 6.07 Å². The number of carbonyl (C=O) groups is 1. The van der Waals surface area contributed by atoms with Gasteiger partial charge in [-0.25, -0.2) is 0 Å². The Morgan fingerprint density at radius 2 is 2.12 bits per heavy atom. The van der Waals surface area contributed by atoms with Gasteiger partial charge in [0.2, 0.25) is 5.91 Å². The van der Waals surface area contributed by atoms with E-state index in [2.05, 4.69) is 10.1 Å². The zero-order chi connectivity index (χ0) is 12.4.